The van der Waals surface area contributed by atoms with E-state index >= 15 is 0 Å². The molecule has 0 spiro atoms. The van der Waals surface area contributed by atoms with Crippen LogP contribution in [-0.4, -0.2) is 65.3 Å². The molecular weight excluding hydrogens is 502 g/mol. The molecule has 1 atom stereocenters. The van der Waals surface area contributed by atoms with E-state index in [9.17, 15) is 24.0 Å². The van der Waals surface area contributed by atoms with Crippen molar-refractivity contribution < 1.29 is 23.9 Å². The van der Waals surface area contributed by atoms with E-state index in [2.05, 4.69) is 20.4 Å². The first-order chi connectivity index (χ1) is 17.6. The van der Waals surface area contributed by atoms with Crippen LogP contribution in [0.3, 0.4) is 0 Å². The molecule has 0 aliphatic heterocycles. The molecule has 1 aromatic heterocycles. The number of benzene rings is 2. The van der Waals surface area contributed by atoms with Gasteiger partial charge < -0.3 is 20.0 Å². The Morgan fingerprint density at radius 2 is 1.65 bits per heavy atom. The van der Waals surface area contributed by atoms with Crippen molar-refractivity contribution in [3.8, 4) is 0 Å². The van der Waals surface area contributed by atoms with Crippen LogP contribution in [0, 0.1) is 0 Å². The summed E-state index contributed by atoms with van der Waals surface area (Å²) in [4.78, 5) is 72.0. The van der Waals surface area contributed by atoms with Crippen LogP contribution in [0.15, 0.2) is 69.2 Å². The molecule has 2 N–H and O–H groups in total. The monoisotopic (exact) mass is 521 g/mol. The van der Waals surface area contributed by atoms with Crippen molar-refractivity contribution in [2.45, 2.75) is 5.92 Å². The molecule has 12 heteroatoms. The highest BCUT2D eigenvalue weighted by molar-refractivity contribution is 6.51. The highest BCUT2D eigenvalue weighted by Crippen LogP contribution is 2.27. The van der Waals surface area contributed by atoms with Crippen LogP contribution in [0.25, 0.3) is 11.0 Å². The van der Waals surface area contributed by atoms with Crippen LogP contribution in [0.1, 0.15) is 32.3 Å². The Kier molecular flexibility index (Phi) is 6.98. The number of hydrogen-bond acceptors (Lipinski definition) is 9. The number of Topliss-reactive ketones (excluding diaryl/α,β-unsaturated/α-hetero) is 2. The minimum Gasteiger partial charge on any atom is -0.468 e. The predicted octanol–water partition coefficient (Wildman–Crippen LogP) is 1.74. The number of fused-ring (bicyclic) bond motifs is 2. The molecule has 0 saturated carbocycles. The highest BCUT2D eigenvalue weighted by atomic mass is 35.5. The number of amides is 1. The fourth-order valence-electron chi connectivity index (χ4n) is 3.79. The lowest BCUT2D eigenvalue weighted by Gasteiger charge is -2.21. The number of carbonyl (C=O) groups is 4. The second-order valence-electron chi connectivity index (χ2n) is 8.10. The van der Waals surface area contributed by atoms with E-state index in [1.807, 2.05) is 0 Å². The third kappa shape index (κ3) is 4.76. The van der Waals surface area contributed by atoms with E-state index in [4.69, 9.17) is 16.3 Å². The standard InChI is InChI=1S/C25H20ClN5O6/c1-31(2)30-19(16(25(36)37-3)18-23(34)28-15-11-7-6-10-14(15)27-18)24(35)29-20-17(26)21(32)12-8-4-5-9-13(12)22(20)33/h4-11,16H,1-3H3,(H,28,34)(H,29,35). The second kappa shape index (κ2) is 10.2. The van der Waals surface area contributed by atoms with Crippen molar-refractivity contribution >= 4 is 51.8 Å². The smallest absolute Gasteiger partial charge is 0.321 e. The number of aromatic amines is 1. The Balaban J connectivity index is 1.82. The van der Waals surface area contributed by atoms with Gasteiger partial charge in [0.1, 0.15) is 22.1 Å². The quantitative estimate of drug-likeness (QED) is 0.283. The zero-order valence-corrected chi connectivity index (χ0v) is 20.6. The van der Waals surface area contributed by atoms with E-state index in [1.165, 1.54) is 31.2 Å². The molecule has 1 heterocycles. The number of rotatable bonds is 6. The topological polar surface area (TPSA) is 151 Å². The first-order valence-corrected chi connectivity index (χ1v) is 11.2. The predicted molar refractivity (Wildman–Crippen MR) is 134 cm³/mol. The van der Waals surface area contributed by atoms with Gasteiger partial charge in [0.2, 0.25) is 11.6 Å². The lowest BCUT2D eigenvalue weighted by Crippen LogP contribution is -2.43. The number of allylic oxidation sites excluding steroid dienone is 2. The number of para-hydroxylation sites is 2. The van der Waals surface area contributed by atoms with E-state index in [0.717, 1.165) is 7.11 Å². The molecule has 1 amide bonds. The number of ether oxygens (including phenoxy) is 1. The number of hydrazone groups is 1. The van der Waals surface area contributed by atoms with Gasteiger partial charge in [-0.15, -0.1) is 0 Å². The van der Waals surface area contributed by atoms with Crippen LogP contribution < -0.4 is 10.9 Å². The minimum atomic E-state index is -1.68. The van der Waals surface area contributed by atoms with Crippen LogP contribution >= 0.6 is 11.6 Å². The average molecular weight is 522 g/mol. The molecule has 3 aromatic rings. The molecule has 0 saturated heterocycles. The SMILES string of the molecule is COC(=O)C(C(=NN(C)C)C(=O)NC1=C(Cl)C(=O)c2ccccc2C1=O)c1nc2ccccc2[nH]c1=O. The molecular formula is C25H20ClN5O6. The van der Waals surface area contributed by atoms with Gasteiger partial charge in [-0.05, 0) is 12.1 Å². The number of halogens is 1. The minimum absolute atomic E-state index is 0.0513. The maximum absolute atomic E-state index is 13.5. The molecule has 1 unspecified atom stereocenters. The maximum Gasteiger partial charge on any atom is 0.321 e. The molecule has 0 radical (unpaired) electrons. The van der Waals surface area contributed by atoms with Gasteiger partial charge >= 0.3 is 5.97 Å². The van der Waals surface area contributed by atoms with Crippen LogP contribution in [-0.2, 0) is 14.3 Å². The lowest BCUT2D eigenvalue weighted by molar-refractivity contribution is -0.141. The molecule has 0 fully saturated rings. The zero-order chi connectivity index (χ0) is 26.9. The van der Waals surface area contributed by atoms with Crippen molar-refractivity contribution in [3.63, 3.8) is 0 Å². The number of esters is 1. The summed E-state index contributed by atoms with van der Waals surface area (Å²) < 4.78 is 4.87. The second-order valence-corrected chi connectivity index (χ2v) is 8.48. The van der Waals surface area contributed by atoms with Crippen LogP contribution in [0.4, 0.5) is 0 Å². The summed E-state index contributed by atoms with van der Waals surface area (Å²) in [5, 5.41) is 7.14. The van der Waals surface area contributed by atoms with E-state index in [1.54, 1.807) is 36.4 Å². The normalized spacial score (nSPS) is 14.3. The lowest BCUT2D eigenvalue weighted by atomic mass is 9.92. The van der Waals surface area contributed by atoms with Gasteiger partial charge in [0.15, 0.2) is 5.92 Å². The summed E-state index contributed by atoms with van der Waals surface area (Å²) in [7, 11) is 4.05. The van der Waals surface area contributed by atoms with Gasteiger partial charge in [0, 0.05) is 25.2 Å². The van der Waals surface area contributed by atoms with Crippen molar-refractivity contribution in [1.82, 2.24) is 20.3 Å². The number of ketones is 2. The number of methoxy groups -OCH3 is 1. The Bertz CT molecular complexity index is 1590. The molecule has 1 aliphatic carbocycles. The van der Waals surface area contributed by atoms with Crippen molar-refractivity contribution in [3.05, 3.63) is 86.4 Å². The molecule has 188 valence electrons. The van der Waals surface area contributed by atoms with Crippen LogP contribution in [0.5, 0.6) is 0 Å². The van der Waals surface area contributed by atoms with E-state index < -0.39 is 51.4 Å². The number of carbonyl (C=O) groups excluding carboxylic acids is 4. The van der Waals surface area contributed by atoms with Gasteiger partial charge in [-0.2, -0.15) is 5.10 Å². The van der Waals surface area contributed by atoms with Gasteiger partial charge in [0.05, 0.1) is 18.1 Å². The van der Waals surface area contributed by atoms with Gasteiger partial charge in [-0.1, -0.05) is 48.0 Å². The molecule has 1 aliphatic rings. The number of aromatic nitrogens is 2. The summed E-state index contributed by atoms with van der Waals surface area (Å²) in [6.07, 6.45) is 0. The van der Waals surface area contributed by atoms with E-state index in [-0.39, 0.29) is 16.8 Å². The van der Waals surface area contributed by atoms with Crippen molar-refractivity contribution in [2.75, 3.05) is 21.2 Å². The number of nitrogens with one attached hydrogen (secondary N) is 2. The van der Waals surface area contributed by atoms with Crippen molar-refractivity contribution in [2.24, 2.45) is 5.10 Å². The molecule has 11 nitrogen and oxygen atoms in total. The van der Waals surface area contributed by atoms with Gasteiger partial charge in [0.25, 0.3) is 11.5 Å². The molecule has 37 heavy (non-hydrogen) atoms. The Morgan fingerprint density at radius 1 is 1.03 bits per heavy atom. The maximum atomic E-state index is 13.5. The Morgan fingerprint density at radius 3 is 2.30 bits per heavy atom. The summed E-state index contributed by atoms with van der Waals surface area (Å²) in [5.74, 6) is -5.10. The average Bonchev–Trinajstić information content (AvgIpc) is 2.89. The third-order valence-electron chi connectivity index (χ3n) is 5.45. The number of nitrogens with zero attached hydrogens (tertiary/aromatic N) is 3. The van der Waals surface area contributed by atoms with Gasteiger partial charge in [-0.3, -0.25) is 24.0 Å². The Labute approximate surface area is 214 Å². The zero-order valence-electron chi connectivity index (χ0n) is 19.9. The molecule has 4 rings (SSSR count). The number of H-pyrrole nitrogens is 1. The first-order valence-electron chi connectivity index (χ1n) is 10.9. The largest absolute Gasteiger partial charge is 0.468 e. The molecule has 2 aromatic carbocycles. The fraction of sp³-hybridized carbons (Fsp3) is 0.160. The van der Waals surface area contributed by atoms with E-state index in [0.29, 0.717) is 11.0 Å². The number of hydrogen-bond donors (Lipinski definition) is 2. The van der Waals surface area contributed by atoms with Gasteiger partial charge in [-0.25, -0.2) is 4.98 Å². The summed E-state index contributed by atoms with van der Waals surface area (Å²) >= 11 is 6.17. The van der Waals surface area contributed by atoms with Crippen LogP contribution in [0.2, 0.25) is 0 Å². The Hall–Kier alpha value is -4.64. The third-order valence-corrected chi connectivity index (χ3v) is 5.81. The highest BCUT2D eigenvalue weighted by Gasteiger charge is 2.39. The first kappa shape index (κ1) is 25.5. The summed E-state index contributed by atoms with van der Waals surface area (Å²) in [6, 6.07) is 12.6. The summed E-state index contributed by atoms with van der Waals surface area (Å²) in [6.45, 7) is 0. The summed E-state index contributed by atoms with van der Waals surface area (Å²) in [5.41, 5.74) is -1.18. The molecule has 0 bridgehead atoms. The fourth-order valence-corrected chi connectivity index (χ4v) is 4.03. The van der Waals surface area contributed by atoms with Crippen molar-refractivity contribution in [1.29, 1.82) is 0 Å².